The first-order chi connectivity index (χ1) is 6.77. The van der Waals surface area contributed by atoms with Crippen LogP contribution in [0.25, 0.3) is 0 Å². The van der Waals surface area contributed by atoms with Crippen molar-refractivity contribution in [1.29, 1.82) is 0 Å². The predicted octanol–water partition coefficient (Wildman–Crippen LogP) is 2.11. The number of para-hydroxylation sites is 2. The number of hydrogen-bond donors (Lipinski definition) is 0. The van der Waals surface area contributed by atoms with Crippen molar-refractivity contribution in [2.75, 3.05) is 20.8 Å². The van der Waals surface area contributed by atoms with Gasteiger partial charge in [-0.3, -0.25) is 0 Å². The second kappa shape index (κ2) is 5.50. The monoisotopic (exact) mass is 196 g/mol. The van der Waals surface area contributed by atoms with Crippen molar-refractivity contribution in [3.63, 3.8) is 0 Å². The summed E-state index contributed by atoms with van der Waals surface area (Å²) in [5.41, 5.74) is 0. The summed E-state index contributed by atoms with van der Waals surface area (Å²) < 4.78 is 15.8. The maximum absolute atomic E-state index is 5.63. The first kappa shape index (κ1) is 10.9. The molecular weight excluding hydrogens is 180 g/mol. The Morgan fingerprint density at radius 1 is 1.14 bits per heavy atom. The first-order valence-corrected chi connectivity index (χ1v) is 4.56. The van der Waals surface area contributed by atoms with Crippen molar-refractivity contribution in [3.8, 4) is 11.5 Å². The third kappa shape index (κ3) is 2.92. The van der Waals surface area contributed by atoms with Gasteiger partial charge in [0.25, 0.3) is 0 Å². The lowest BCUT2D eigenvalue weighted by Gasteiger charge is -2.15. The molecule has 1 aromatic rings. The topological polar surface area (TPSA) is 27.7 Å². The van der Waals surface area contributed by atoms with Crippen molar-refractivity contribution < 1.29 is 14.2 Å². The summed E-state index contributed by atoms with van der Waals surface area (Å²) in [6, 6.07) is 7.57. The molecule has 0 amide bonds. The van der Waals surface area contributed by atoms with E-state index >= 15 is 0 Å². The van der Waals surface area contributed by atoms with Gasteiger partial charge >= 0.3 is 0 Å². The number of rotatable bonds is 5. The Bertz CT molecular complexity index is 273. The Morgan fingerprint density at radius 2 is 1.79 bits per heavy atom. The Kier molecular flexibility index (Phi) is 4.26. The summed E-state index contributed by atoms with van der Waals surface area (Å²) in [5.74, 6) is 1.50. The summed E-state index contributed by atoms with van der Waals surface area (Å²) in [4.78, 5) is 0. The molecule has 78 valence electrons. The molecular formula is C11H16O3. The lowest BCUT2D eigenvalue weighted by atomic mass is 10.3. The van der Waals surface area contributed by atoms with Crippen molar-refractivity contribution in [2.24, 2.45) is 0 Å². The second-order valence-corrected chi connectivity index (χ2v) is 3.03. The van der Waals surface area contributed by atoms with E-state index in [1.54, 1.807) is 14.2 Å². The van der Waals surface area contributed by atoms with Gasteiger partial charge in [-0.25, -0.2) is 0 Å². The second-order valence-electron chi connectivity index (χ2n) is 3.03. The molecule has 0 bridgehead atoms. The maximum Gasteiger partial charge on any atom is 0.161 e. The molecule has 1 rings (SSSR count). The van der Waals surface area contributed by atoms with Crippen molar-refractivity contribution in [3.05, 3.63) is 24.3 Å². The number of methoxy groups -OCH3 is 2. The number of ether oxygens (including phenoxy) is 3. The highest BCUT2D eigenvalue weighted by Gasteiger charge is 2.07. The van der Waals surface area contributed by atoms with E-state index in [9.17, 15) is 0 Å². The van der Waals surface area contributed by atoms with Crippen LogP contribution in [0.2, 0.25) is 0 Å². The van der Waals surface area contributed by atoms with Crippen LogP contribution in [0, 0.1) is 0 Å². The largest absolute Gasteiger partial charge is 0.493 e. The van der Waals surface area contributed by atoms with E-state index < -0.39 is 0 Å². The van der Waals surface area contributed by atoms with Gasteiger partial charge in [-0.1, -0.05) is 12.1 Å². The van der Waals surface area contributed by atoms with Crippen LogP contribution in [0.15, 0.2) is 24.3 Å². The average molecular weight is 196 g/mol. The molecule has 0 heterocycles. The number of hydrogen-bond acceptors (Lipinski definition) is 3. The molecule has 0 aliphatic rings. The fourth-order valence-corrected chi connectivity index (χ4v) is 1.20. The minimum atomic E-state index is 0.0244. The normalized spacial score (nSPS) is 12.2. The van der Waals surface area contributed by atoms with E-state index in [1.807, 2.05) is 31.2 Å². The molecule has 1 unspecified atom stereocenters. The highest BCUT2D eigenvalue weighted by molar-refractivity contribution is 5.39. The van der Waals surface area contributed by atoms with E-state index in [0.29, 0.717) is 6.61 Å². The van der Waals surface area contributed by atoms with Gasteiger partial charge in [-0.05, 0) is 19.1 Å². The first-order valence-electron chi connectivity index (χ1n) is 4.56. The van der Waals surface area contributed by atoms with Crippen molar-refractivity contribution in [2.45, 2.75) is 13.0 Å². The van der Waals surface area contributed by atoms with Crippen LogP contribution in [0.4, 0.5) is 0 Å². The van der Waals surface area contributed by atoms with Crippen LogP contribution in [0.5, 0.6) is 11.5 Å². The summed E-state index contributed by atoms with van der Waals surface area (Å²) in [6.45, 7) is 2.52. The fraction of sp³-hybridized carbons (Fsp3) is 0.455. The Morgan fingerprint density at radius 3 is 2.36 bits per heavy atom. The molecule has 0 N–H and O–H groups in total. The van der Waals surface area contributed by atoms with Crippen molar-refractivity contribution >= 4 is 0 Å². The average Bonchev–Trinajstić information content (AvgIpc) is 2.19. The fourth-order valence-electron chi connectivity index (χ4n) is 1.20. The lowest BCUT2D eigenvalue weighted by molar-refractivity contribution is 0.0900. The van der Waals surface area contributed by atoms with Crippen LogP contribution < -0.4 is 9.47 Å². The minimum absolute atomic E-state index is 0.0244. The van der Waals surface area contributed by atoms with Gasteiger partial charge in [0.1, 0.15) is 6.10 Å². The van der Waals surface area contributed by atoms with Crippen LogP contribution in [0.1, 0.15) is 6.92 Å². The molecule has 0 spiro atoms. The third-order valence-corrected chi connectivity index (χ3v) is 1.80. The van der Waals surface area contributed by atoms with Crippen molar-refractivity contribution in [1.82, 2.24) is 0 Å². The zero-order valence-corrected chi connectivity index (χ0v) is 8.82. The summed E-state index contributed by atoms with van der Waals surface area (Å²) in [6.07, 6.45) is 0.0244. The van der Waals surface area contributed by atoms with Gasteiger partial charge in [-0.2, -0.15) is 0 Å². The molecule has 1 aromatic carbocycles. The smallest absolute Gasteiger partial charge is 0.161 e. The van der Waals surface area contributed by atoms with Crippen LogP contribution in [-0.2, 0) is 4.74 Å². The van der Waals surface area contributed by atoms with E-state index in [4.69, 9.17) is 14.2 Å². The molecule has 0 aliphatic heterocycles. The SMILES string of the molecule is COCC(C)Oc1ccccc1OC. The zero-order valence-electron chi connectivity index (χ0n) is 8.82. The van der Waals surface area contributed by atoms with Gasteiger partial charge in [0.05, 0.1) is 13.7 Å². The summed E-state index contributed by atoms with van der Waals surface area (Å²) in [7, 11) is 3.28. The molecule has 0 saturated heterocycles. The zero-order chi connectivity index (χ0) is 10.4. The van der Waals surface area contributed by atoms with Gasteiger partial charge in [0, 0.05) is 7.11 Å². The standard InChI is InChI=1S/C11H16O3/c1-9(8-12-2)14-11-7-5-4-6-10(11)13-3/h4-7,9H,8H2,1-3H3. The predicted molar refractivity (Wildman–Crippen MR) is 55.0 cm³/mol. The van der Waals surface area contributed by atoms with E-state index in [1.165, 1.54) is 0 Å². The minimum Gasteiger partial charge on any atom is -0.493 e. The lowest BCUT2D eigenvalue weighted by Crippen LogP contribution is -2.18. The molecule has 0 radical (unpaired) electrons. The van der Waals surface area contributed by atoms with Gasteiger partial charge in [0.2, 0.25) is 0 Å². The highest BCUT2D eigenvalue weighted by atomic mass is 16.5. The molecule has 0 fully saturated rings. The molecule has 0 saturated carbocycles. The molecule has 0 aromatic heterocycles. The van der Waals surface area contributed by atoms with E-state index in [2.05, 4.69) is 0 Å². The van der Waals surface area contributed by atoms with Gasteiger partial charge in [0.15, 0.2) is 11.5 Å². The Balaban J connectivity index is 2.65. The van der Waals surface area contributed by atoms with Crippen LogP contribution in [0.3, 0.4) is 0 Å². The highest BCUT2D eigenvalue weighted by Crippen LogP contribution is 2.26. The van der Waals surface area contributed by atoms with E-state index in [-0.39, 0.29) is 6.10 Å². The molecule has 14 heavy (non-hydrogen) atoms. The van der Waals surface area contributed by atoms with Crippen LogP contribution in [-0.4, -0.2) is 26.9 Å². The van der Waals surface area contributed by atoms with E-state index in [0.717, 1.165) is 11.5 Å². The quantitative estimate of drug-likeness (QED) is 0.721. The summed E-state index contributed by atoms with van der Waals surface area (Å²) >= 11 is 0. The Labute approximate surface area is 84.6 Å². The van der Waals surface area contributed by atoms with Gasteiger partial charge < -0.3 is 14.2 Å². The van der Waals surface area contributed by atoms with Crippen LogP contribution >= 0.6 is 0 Å². The molecule has 3 nitrogen and oxygen atoms in total. The molecule has 1 atom stereocenters. The maximum atomic E-state index is 5.63. The number of benzene rings is 1. The Hall–Kier alpha value is -1.22. The van der Waals surface area contributed by atoms with Gasteiger partial charge in [-0.15, -0.1) is 0 Å². The third-order valence-electron chi connectivity index (χ3n) is 1.80. The summed E-state index contributed by atoms with van der Waals surface area (Å²) in [5, 5.41) is 0. The molecule has 3 heteroatoms. The molecule has 0 aliphatic carbocycles.